The topological polar surface area (TPSA) is 65.8 Å². The molecule has 0 atom stereocenters. The monoisotopic (exact) mass is 317 g/mol. The van der Waals surface area contributed by atoms with E-state index in [1.54, 1.807) is 18.2 Å². The zero-order valence-corrected chi connectivity index (χ0v) is 12.7. The lowest BCUT2D eigenvalue weighted by atomic mass is 9.96. The zero-order valence-electron chi connectivity index (χ0n) is 11.1. The van der Waals surface area contributed by atoms with Crippen molar-refractivity contribution < 1.29 is 4.79 Å². The van der Waals surface area contributed by atoms with Crippen molar-refractivity contribution in [2.45, 2.75) is 25.7 Å². The third-order valence-electron chi connectivity index (χ3n) is 3.46. The lowest BCUT2D eigenvalue weighted by Crippen LogP contribution is -2.13. The van der Waals surface area contributed by atoms with Gasteiger partial charge in [0.05, 0.1) is 5.56 Å². The van der Waals surface area contributed by atoms with E-state index in [1.165, 1.54) is 16.2 Å². The minimum absolute atomic E-state index is 0.248. The molecular weight excluding hydrogens is 306 g/mol. The van der Waals surface area contributed by atoms with Crippen LogP contribution in [0.1, 0.15) is 39.3 Å². The van der Waals surface area contributed by atoms with Gasteiger partial charge in [0.15, 0.2) is 0 Å². The van der Waals surface area contributed by atoms with Gasteiger partial charge in [0, 0.05) is 4.88 Å². The summed E-state index contributed by atoms with van der Waals surface area (Å²) in [5.41, 5.74) is 1.95. The molecule has 1 amide bonds. The van der Waals surface area contributed by atoms with Crippen LogP contribution in [0.2, 0.25) is 5.15 Å². The molecule has 0 spiro atoms. The second-order valence-corrected chi connectivity index (χ2v) is 6.32. The molecule has 1 aliphatic carbocycles. The molecule has 6 heteroatoms. The van der Waals surface area contributed by atoms with Crippen molar-refractivity contribution in [1.29, 1.82) is 5.26 Å². The molecule has 106 valence electrons. The third-order valence-corrected chi connectivity index (χ3v) is 4.88. The highest BCUT2D eigenvalue weighted by atomic mass is 35.5. The Morgan fingerprint density at radius 3 is 2.95 bits per heavy atom. The highest BCUT2D eigenvalue weighted by molar-refractivity contribution is 7.16. The summed E-state index contributed by atoms with van der Waals surface area (Å²) in [6.45, 7) is 0. The molecule has 2 aromatic heterocycles. The molecule has 2 aromatic rings. The van der Waals surface area contributed by atoms with Gasteiger partial charge in [0.25, 0.3) is 5.91 Å². The molecule has 4 nitrogen and oxygen atoms in total. The van der Waals surface area contributed by atoms with Gasteiger partial charge in [-0.3, -0.25) is 4.79 Å². The summed E-state index contributed by atoms with van der Waals surface area (Å²) in [7, 11) is 0. The summed E-state index contributed by atoms with van der Waals surface area (Å²) in [6, 6.07) is 7.11. The van der Waals surface area contributed by atoms with Crippen LogP contribution in [-0.2, 0) is 12.8 Å². The van der Waals surface area contributed by atoms with E-state index in [-0.39, 0.29) is 16.8 Å². The van der Waals surface area contributed by atoms with Crippen molar-refractivity contribution in [2.24, 2.45) is 0 Å². The molecular formula is C15H12ClN3OS. The van der Waals surface area contributed by atoms with Crippen LogP contribution < -0.4 is 5.32 Å². The maximum absolute atomic E-state index is 12.2. The van der Waals surface area contributed by atoms with E-state index >= 15 is 0 Å². The van der Waals surface area contributed by atoms with Gasteiger partial charge in [-0.2, -0.15) is 5.26 Å². The molecule has 0 unspecified atom stereocenters. The van der Waals surface area contributed by atoms with Gasteiger partial charge in [-0.15, -0.1) is 11.3 Å². The average molecular weight is 318 g/mol. The predicted octanol–water partition coefficient (Wildman–Crippen LogP) is 3.80. The molecule has 0 fully saturated rings. The quantitative estimate of drug-likeness (QED) is 0.857. The van der Waals surface area contributed by atoms with Crippen LogP contribution in [-0.4, -0.2) is 10.9 Å². The fourth-order valence-corrected chi connectivity index (χ4v) is 3.87. The number of aryl methyl sites for hydroxylation is 1. The molecule has 21 heavy (non-hydrogen) atoms. The van der Waals surface area contributed by atoms with Crippen molar-refractivity contribution in [3.05, 3.63) is 45.1 Å². The average Bonchev–Trinajstić information content (AvgIpc) is 2.84. The number of nitrogens with one attached hydrogen (secondary N) is 1. The number of thiophene rings is 1. The van der Waals surface area contributed by atoms with Crippen LogP contribution in [0.25, 0.3) is 0 Å². The van der Waals surface area contributed by atoms with E-state index in [4.69, 9.17) is 11.6 Å². The molecule has 1 N–H and O–H groups in total. The molecule has 0 saturated carbocycles. The summed E-state index contributed by atoms with van der Waals surface area (Å²) < 4.78 is 0. The summed E-state index contributed by atoms with van der Waals surface area (Å²) in [5, 5.41) is 13.1. The predicted molar refractivity (Wildman–Crippen MR) is 82.9 cm³/mol. The number of amides is 1. The second-order valence-electron chi connectivity index (χ2n) is 4.83. The molecule has 0 saturated heterocycles. The van der Waals surface area contributed by atoms with Crippen molar-refractivity contribution in [2.75, 3.05) is 5.32 Å². The normalized spacial score (nSPS) is 13.3. The number of nitriles is 1. The number of hydrogen-bond acceptors (Lipinski definition) is 4. The Hall–Kier alpha value is -1.90. The Morgan fingerprint density at radius 2 is 2.19 bits per heavy atom. The number of halogens is 1. The first-order valence-corrected chi connectivity index (χ1v) is 7.87. The largest absolute Gasteiger partial charge is 0.311 e. The van der Waals surface area contributed by atoms with Gasteiger partial charge in [0.1, 0.15) is 21.9 Å². The second kappa shape index (κ2) is 5.84. The summed E-state index contributed by atoms with van der Waals surface area (Å²) in [5.74, 6) is -0.340. The van der Waals surface area contributed by atoms with Gasteiger partial charge in [-0.05, 0) is 43.4 Å². The van der Waals surface area contributed by atoms with Crippen molar-refractivity contribution in [3.8, 4) is 6.07 Å². The Balaban J connectivity index is 1.90. The number of carbonyl (C=O) groups is 1. The molecule has 0 bridgehead atoms. The zero-order chi connectivity index (χ0) is 14.8. The number of fused-ring (bicyclic) bond motifs is 1. The standard InChI is InChI=1S/C15H12ClN3OS/c16-13-7-3-5-11(18-13)14(20)19-15-10(8-17)9-4-1-2-6-12(9)21-15/h3,5,7H,1-2,4,6H2,(H,19,20). The smallest absolute Gasteiger partial charge is 0.274 e. The van der Waals surface area contributed by atoms with E-state index in [1.807, 2.05) is 0 Å². The Labute approximate surface area is 131 Å². The molecule has 3 rings (SSSR count). The highest BCUT2D eigenvalue weighted by Crippen LogP contribution is 2.37. The van der Waals surface area contributed by atoms with Gasteiger partial charge < -0.3 is 5.32 Å². The fraction of sp³-hybridized carbons (Fsp3) is 0.267. The first-order chi connectivity index (χ1) is 10.2. The van der Waals surface area contributed by atoms with Crippen molar-refractivity contribution in [3.63, 3.8) is 0 Å². The van der Waals surface area contributed by atoms with Gasteiger partial charge in [-0.25, -0.2) is 4.98 Å². The van der Waals surface area contributed by atoms with Crippen LogP contribution in [0, 0.1) is 11.3 Å². The number of hydrogen-bond donors (Lipinski definition) is 1. The number of aromatic nitrogens is 1. The van der Waals surface area contributed by atoms with Crippen molar-refractivity contribution in [1.82, 2.24) is 4.98 Å². The summed E-state index contributed by atoms with van der Waals surface area (Å²) in [4.78, 5) is 17.4. The fourth-order valence-electron chi connectivity index (χ4n) is 2.47. The summed E-state index contributed by atoms with van der Waals surface area (Å²) in [6.07, 6.45) is 4.14. The lowest BCUT2D eigenvalue weighted by Gasteiger charge is -2.09. The van der Waals surface area contributed by atoms with Gasteiger partial charge in [0.2, 0.25) is 0 Å². The van der Waals surface area contributed by atoms with Crippen LogP contribution in [0.4, 0.5) is 5.00 Å². The summed E-state index contributed by atoms with van der Waals surface area (Å²) >= 11 is 7.29. The lowest BCUT2D eigenvalue weighted by molar-refractivity contribution is 0.102. The Morgan fingerprint density at radius 1 is 1.38 bits per heavy atom. The van der Waals surface area contributed by atoms with Gasteiger partial charge >= 0.3 is 0 Å². The number of carbonyl (C=O) groups excluding carboxylic acids is 1. The van der Waals surface area contributed by atoms with E-state index in [9.17, 15) is 10.1 Å². The maximum Gasteiger partial charge on any atom is 0.274 e. The first-order valence-electron chi connectivity index (χ1n) is 6.67. The van der Waals surface area contributed by atoms with E-state index in [0.29, 0.717) is 10.6 Å². The SMILES string of the molecule is N#Cc1c(NC(=O)c2cccc(Cl)n2)sc2c1CCCC2. The van der Waals surface area contributed by atoms with Crippen LogP contribution in [0.15, 0.2) is 18.2 Å². The minimum atomic E-state index is -0.340. The minimum Gasteiger partial charge on any atom is -0.311 e. The number of nitrogens with zero attached hydrogens (tertiary/aromatic N) is 2. The van der Waals surface area contributed by atoms with Crippen LogP contribution in [0.3, 0.4) is 0 Å². The number of pyridine rings is 1. The molecule has 0 aromatic carbocycles. The maximum atomic E-state index is 12.2. The number of anilines is 1. The number of rotatable bonds is 2. The van der Waals surface area contributed by atoms with Crippen LogP contribution >= 0.6 is 22.9 Å². The van der Waals surface area contributed by atoms with Gasteiger partial charge in [-0.1, -0.05) is 17.7 Å². The van der Waals surface area contributed by atoms with E-state index < -0.39 is 0 Å². The molecule has 1 aliphatic rings. The first kappa shape index (κ1) is 14.1. The van der Waals surface area contributed by atoms with Crippen LogP contribution in [0.5, 0.6) is 0 Å². The van der Waals surface area contributed by atoms with Crippen molar-refractivity contribution >= 4 is 33.8 Å². The highest BCUT2D eigenvalue weighted by Gasteiger charge is 2.22. The molecule has 2 heterocycles. The Kier molecular flexibility index (Phi) is 3.91. The third kappa shape index (κ3) is 2.78. The Bertz CT molecular complexity index is 748. The van der Waals surface area contributed by atoms with E-state index in [0.717, 1.165) is 31.2 Å². The molecule has 0 aliphatic heterocycles. The van der Waals surface area contributed by atoms with E-state index in [2.05, 4.69) is 16.4 Å². The molecule has 0 radical (unpaired) electrons.